The highest BCUT2D eigenvalue weighted by Gasteiger charge is 2.50. The molecule has 0 spiro atoms. The molecule has 4 fully saturated rings. The van der Waals surface area contributed by atoms with Crippen molar-refractivity contribution in [1.29, 1.82) is 0 Å². The monoisotopic (exact) mass is 455 g/mol. The van der Waals surface area contributed by atoms with Crippen LogP contribution in [-0.4, -0.2) is 12.6 Å². The van der Waals surface area contributed by atoms with Crippen molar-refractivity contribution in [3.63, 3.8) is 0 Å². The van der Waals surface area contributed by atoms with Crippen LogP contribution in [0.4, 0.5) is 0 Å². The number of methoxy groups -OCH3 is 1. The second-order valence-corrected chi connectivity index (χ2v) is 10.2. The maximum atomic E-state index is 6.30. The van der Waals surface area contributed by atoms with Crippen LogP contribution in [0, 0.1) is 17.8 Å². The fourth-order valence-electron chi connectivity index (χ4n) is 6.40. The van der Waals surface area contributed by atoms with Gasteiger partial charge in [0.25, 0.3) is 0 Å². The highest BCUT2D eigenvalue weighted by Crippen LogP contribution is 2.55. The van der Waals surface area contributed by atoms with E-state index >= 15 is 0 Å². The van der Waals surface area contributed by atoms with Gasteiger partial charge in [0.1, 0.15) is 6.61 Å². The van der Waals surface area contributed by atoms with Crippen molar-refractivity contribution >= 4 is 15.9 Å². The van der Waals surface area contributed by atoms with Crippen LogP contribution in [0.3, 0.4) is 0 Å². The Morgan fingerprint density at radius 1 is 0.966 bits per heavy atom. The first-order valence-corrected chi connectivity index (χ1v) is 11.7. The van der Waals surface area contributed by atoms with E-state index < -0.39 is 0 Å². The summed E-state index contributed by atoms with van der Waals surface area (Å²) in [4.78, 5) is 0. The summed E-state index contributed by atoms with van der Waals surface area (Å²) in [6, 6.07) is 14.4. The maximum absolute atomic E-state index is 6.30. The largest absolute Gasteiger partial charge is 0.493 e. The molecule has 4 saturated carbocycles. The van der Waals surface area contributed by atoms with Crippen molar-refractivity contribution in [3.05, 3.63) is 58.1 Å². The van der Waals surface area contributed by atoms with E-state index in [1.54, 1.807) is 7.11 Å². The van der Waals surface area contributed by atoms with Crippen LogP contribution in [0.5, 0.6) is 11.5 Å². The van der Waals surface area contributed by atoms with E-state index in [-0.39, 0.29) is 0 Å². The Balaban J connectivity index is 1.36. The predicted molar refractivity (Wildman–Crippen MR) is 119 cm³/mol. The Labute approximate surface area is 182 Å². The molecule has 154 valence electrons. The van der Waals surface area contributed by atoms with Gasteiger partial charge in [0, 0.05) is 22.1 Å². The number of hydrogen-bond acceptors (Lipinski definition) is 3. The molecule has 0 unspecified atom stereocenters. The Morgan fingerprint density at radius 2 is 1.62 bits per heavy atom. The van der Waals surface area contributed by atoms with Crippen LogP contribution in [0.15, 0.2) is 46.9 Å². The van der Waals surface area contributed by atoms with Gasteiger partial charge in [-0.25, -0.2) is 0 Å². The van der Waals surface area contributed by atoms with E-state index in [9.17, 15) is 0 Å². The van der Waals surface area contributed by atoms with Gasteiger partial charge in [0.15, 0.2) is 11.5 Å². The van der Waals surface area contributed by atoms with Gasteiger partial charge in [-0.3, -0.25) is 0 Å². The van der Waals surface area contributed by atoms with Gasteiger partial charge in [0.05, 0.1) is 7.11 Å². The molecule has 4 aliphatic carbocycles. The summed E-state index contributed by atoms with van der Waals surface area (Å²) < 4.78 is 13.0. The molecule has 0 aliphatic heterocycles. The maximum Gasteiger partial charge on any atom is 0.167 e. The number of benzene rings is 2. The summed E-state index contributed by atoms with van der Waals surface area (Å²) in [5, 5.41) is 4.01. The van der Waals surface area contributed by atoms with E-state index in [2.05, 4.69) is 39.4 Å². The van der Waals surface area contributed by atoms with Crippen LogP contribution in [0.25, 0.3) is 0 Å². The highest BCUT2D eigenvalue weighted by molar-refractivity contribution is 9.10. The van der Waals surface area contributed by atoms with Crippen molar-refractivity contribution in [1.82, 2.24) is 5.32 Å². The van der Waals surface area contributed by atoms with Gasteiger partial charge in [-0.05, 0) is 74.0 Å². The molecule has 0 radical (unpaired) electrons. The van der Waals surface area contributed by atoms with Gasteiger partial charge in [0.2, 0.25) is 0 Å². The lowest BCUT2D eigenvalue weighted by Gasteiger charge is -2.57. The SMILES string of the molecule is COc1ccc(Br)c(CNC23CC4CC(CC(C4)C2)C3)c1OCc1ccccc1. The summed E-state index contributed by atoms with van der Waals surface area (Å²) in [6.45, 7) is 1.35. The first-order chi connectivity index (χ1) is 14.1. The lowest BCUT2D eigenvalue weighted by molar-refractivity contribution is -0.0207. The molecule has 0 atom stereocenters. The van der Waals surface area contributed by atoms with Crippen molar-refractivity contribution in [3.8, 4) is 11.5 Å². The Bertz CT molecular complexity index is 831. The van der Waals surface area contributed by atoms with E-state index in [0.29, 0.717) is 12.1 Å². The minimum absolute atomic E-state index is 0.327. The first-order valence-electron chi connectivity index (χ1n) is 10.9. The van der Waals surface area contributed by atoms with Crippen molar-refractivity contribution in [2.24, 2.45) is 17.8 Å². The second kappa shape index (κ2) is 7.96. The van der Waals surface area contributed by atoms with E-state index in [4.69, 9.17) is 9.47 Å². The number of halogens is 1. The second-order valence-electron chi connectivity index (χ2n) is 9.38. The van der Waals surface area contributed by atoms with Gasteiger partial charge in [-0.15, -0.1) is 0 Å². The summed E-state index contributed by atoms with van der Waals surface area (Å²) in [5.74, 6) is 4.47. The van der Waals surface area contributed by atoms with E-state index in [0.717, 1.165) is 51.4 Å². The zero-order valence-corrected chi connectivity index (χ0v) is 18.7. The summed E-state index contributed by atoms with van der Waals surface area (Å²) in [7, 11) is 1.72. The molecule has 6 rings (SSSR count). The fraction of sp³-hybridized carbons (Fsp3) is 0.520. The normalized spacial score (nSPS) is 29.8. The minimum Gasteiger partial charge on any atom is -0.493 e. The third kappa shape index (κ3) is 3.94. The summed E-state index contributed by atoms with van der Waals surface area (Å²) >= 11 is 3.77. The lowest BCUT2D eigenvalue weighted by atomic mass is 9.53. The molecule has 2 aromatic carbocycles. The number of nitrogens with one attached hydrogen (secondary N) is 1. The Kier molecular flexibility index (Phi) is 5.34. The number of rotatable bonds is 7. The van der Waals surface area contributed by atoms with Crippen molar-refractivity contribution in [2.75, 3.05) is 7.11 Å². The summed E-state index contributed by atoms with van der Waals surface area (Å²) in [6.07, 6.45) is 8.45. The van der Waals surface area contributed by atoms with Crippen molar-refractivity contribution in [2.45, 2.75) is 57.2 Å². The molecule has 0 amide bonds. The van der Waals surface area contributed by atoms with Crippen LogP contribution in [0.1, 0.15) is 49.7 Å². The smallest absolute Gasteiger partial charge is 0.167 e. The zero-order valence-electron chi connectivity index (χ0n) is 17.1. The Hall–Kier alpha value is -1.52. The lowest BCUT2D eigenvalue weighted by Crippen LogP contribution is -2.58. The highest BCUT2D eigenvalue weighted by atomic mass is 79.9. The molecule has 0 heterocycles. The van der Waals surface area contributed by atoms with Gasteiger partial charge in [-0.2, -0.15) is 0 Å². The molecular formula is C25H30BrNO2. The van der Waals surface area contributed by atoms with E-state index in [1.807, 2.05) is 24.3 Å². The van der Waals surface area contributed by atoms with Gasteiger partial charge in [-0.1, -0.05) is 46.3 Å². The zero-order chi connectivity index (χ0) is 19.8. The average molecular weight is 456 g/mol. The standard InChI is InChI=1S/C25H30BrNO2/c1-28-23-8-7-22(26)21(24(23)29-16-17-5-3-2-4-6-17)15-27-25-12-18-9-19(13-25)11-20(10-18)14-25/h2-8,18-20,27H,9-16H2,1H3. The molecule has 1 N–H and O–H groups in total. The van der Waals surface area contributed by atoms with Crippen LogP contribution in [-0.2, 0) is 13.2 Å². The molecular weight excluding hydrogens is 426 g/mol. The molecule has 4 bridgehead atoms. The molecule has 29 heavy (non-hydrogen) atoms. The van der Waals surface area contributed by atoms with E-state index in [1.165, 1.54) is 38.5 Å². The minimum atomic E-state index is 0.327. The molecule has 4 aliphatic rings. The van der Waals surface area contributed by atoms with Crippen LogP contribution < -0.4 is 14.8 Å². The number of ether oxygens (including phenoxy) is 2. The quantitative estimate of drug-likeness (QED) is 0.547. The molecule has 4 heteroatoms. The predicted octanol–water partition coefficient (Wildman–Crippen LogP) is 6.10. The molecule has 2 aromatic rings. The van der Waals surface area contributed by atoms with Gasteiger partial charge < -0.3 is 14.8 Å². The van der Waals surface area contributed by atoms with Crippen molar-refractivity contribution < 1.29 is 9.47 Å². The summed E-state index contributed by atoms with van der Waals surface area (Å²) in [5.41, 5.74) is 2.65. The fourth-order valence-corrected chi connectivity index (χ4v) is 6.85. The number of hydrogen-bond donors (Lipinski definition) is 1. The molecule has 3 nitrogen and oxygen atoms in total. The van der Waals surface area contributed by atoms with Crippen LogP contribution in [0.2, 0.25) is 0 Å². The van der Waals surface area contributed by atoms with Crippen LogP contribution >= 0.6 is 15.9 Å². The molecule has 0 saturated heterocycles. The molecule has 0 aromatic heterocycles. The third-order valence-electron chi connectivity index (χ3n) is 7.29. The average Bonchev–Trinajstić information content (AvgIpc) is 2.71. The first kappa shape index (κ1) is 19.4. The Morgan fingerprint density at radius 3 is 2.24 bits per heavy atom. The van der Waals surface area contributed by atoms with Gasteiger partial charge >= 0.3 is 0 Å². The third-order valence-corrected chi connectivity index (χ3v) is 8.03. The topological polar surface area (TPSA) is 30.5 Å².